The van der Waals surface area contributed by atoms with Crippen molar-refractivity contribution in [2.24, 2.45) is 11.7 Å². The Morgan fingerprint density at radius 3 is 2.62 bits per heavy atom. The molecule has 2 fully saturated rings. The first-order valence-corrected chi connectivity index (χ1v) is 5.81. The van der Waals surface area contributed by atoms with E-state index in [1.165, 1.54) is 45.2 Å². The molecule has 2 rings (SSSR count). The second-order valence-electron chi connectivity index (χ2n) is 4.70. The van der Waals surface area contributed by atoms with Crippen molar-refractivity contribution in [2.45, 2.75) is 51.1 Å². The van der Waals surface area contributed by atoms with Crippen LogP contribution in [0.15, 0.2) is 0 Å². The zero-order valence-corrected chi connectivity index (χ0v) is 8.71. The van der Waals surface area contributed by atoms with Gasteiger partial charge in [0.05, 0.1) is 0 Å². The Labute approximate surface area is 81.5 Å². The summed E-state index contributed by atoms with van der Waals surface area (Å²) in [4.78, 5) is 2.68. The van der Waals surface area contributed by atoms with E-state index in [4.69, 9.17) is 5.73 Å². The lowest BCUT2D eigenvalue weighted by Gasteiger charge is -2.44. The summed E-state index contributed by atoms with van der Waals surface area (Å²) >= 11 is 0. The van der Waals surface area contributed by atoms with Crippen LogP contribution in [0.2, 0.25) is 0 Å². The molecule has 13 heavy (non-hydrogen) atoms. The van der Waals surface area contributed by atoms with Crippen molar-refractivity contribution in [3.8, 4) is 0 Å². The SMILES string of the molecule is CCC1CN(C2CCC2)CCC1N. The zero-order valence-electron chi connectivity index (χ0n) is 8.71. The maximum atomic E-state index is 6.08. The highest BCUT2D eigenvalue weighted by molar-refractivity contribution is 4.88. The summed E-state index contributed by atoms with van der Waals surface area (Å²) in [5.41, 5.74) is 6.08. The average molecular weight is 182 g/mol. The Bertz CT molecular complexity index is 165. The first-order valence-electron chi connectivity index (χ1n) is 5.81. The van der Waals surface area contributed by atoms with E-state index in [1.807, 2.05) is 0 Å². The number of likely N-dealkylation sites (tertiary alicyclic amines) is 1. The lowest BCUT2D eigenvalue weighted by atomic mass is 9.85. The summed E-state index contributed by atoms with van der Waals surface area (Å²) in [5.74, 6) is 0.759. The topological polar surface area (TPSA) is 29.3 Å². The fourth-order valence-corrected chi connectivity index (χ4v) is 2.59. The van der Waals surface area contributed by atoms with Gasteiger partial charge in [0.2, 0.25) is 0 Å². The van der Waals surface area contributed by atoms with Crippen LogP contribution in [0.5, 0.6) is 0 Å². The Kier molecular flexibility index (Phi) is 2.89. The monoisotopic (exact) mass is 182 g/mol. The summed E-state index contributed by atoms with van der Waals surface area (Å²) in [6.07, 6.45) is 6.79. The summed E-state index contributed by atoms with van der Waals surface area (Å²) in [7, 11) is 0. The molecule has 2 aliphatic rings. The van der Waals surface area contributed by atoms with Crippen LogP contribution in [-0.2, 0) is 0 Å². The van der Waals surface area contributed by atoms with Gasteiger partial charge in [-0.25, -0.2) is 0 Å². The van der Waals surface area contributed by atoms with Crippen molar-refractivity contribution >= 4 is 0 Å². The maximum Gasteiger partial charge on any atom is 0.00954 e. The van der Waals surface area contributed by atoms with Gasteiger partial charge in [0.1, 0.15) is 0 Å². The van der Waals surface area contributed by atoms with E-state index in [0.717, 1.165) is 12.0 Å². The molecule has 2 unspecified atom stereocenters. The van der Waals surface area contributed by atoms with Crippen LogP contribution in [0.4, 0.5) is 0 Å². The fraction of sp³-hybridized carbons (Fsp3) is 1.00. The normalized spacial score (nSPS) is 37.4. The van der Waals surface area contributed by atoms with Gasteiger partial charge in [-0.1, -0.05) is 19.8 Å². The third kappa shape index (κ3) is 1.89. The number of rotatable bonds is 2. The molecule has 0 radical (unpaired) electrons. The molecule has 0 bridgehead atoms. The van der Waals surface area contributed by atoms with Crippen molar-refractivity contribution < 1.29 is 0 Å². The fourth-order valence-electron chi connectivity index (χ4n) is 2.59. The highest BCUT2D eigenvalue weighted by Crippen LogP contribution is 2.29. The molecule has 2 nitrogen and oxygen atoms in total. The largest absolute Gasteiger partial charge is 0.327 e. The second kappa shape index (κ2) is 3.97. The molecule has 0 aromatic carbocycles. The Balaban J connectivity index is 1.86. The molecule has 0 spiro atoms. The Hall–Kier alpha value is -0.0800. The Morgan fingerprint density at radius 1 is 1.31 bits per heavy atom. The lowest BCUT2D eigenvalue weighted by Crippen LogP contribution is -2.52. The molecule has 1 saturated heterocycles. The third-order valence-electron chi connectivity index (χ3n) is 3.94. The lowest BCUT2D eigenvalue weighted by molar-refractivity contribution is 0.0661. The first kappa shape index (κ1) is 9.47. The highest BCUT2D eigenvalue weighted by atomic mass is 15.2. The van der Waals surface area contributed by atoms with Gasteiger partial charge in [-0.3, -0.25) is 4.90 Å². The molecular weight excluding hydrogens is 160 g/mol. The summed E-state index contributed by atoms with van der Waals surface area (Å²) in [6.45, 7) is 4.79. The van der Waals surface area contributed by atoms with Gasteiger partial charge in [-0.2, -0.15) is 0 Å². The highest BCUT2D eigenvalue weighted by Gasteiger charge is 2.31. The van der Waals surface area contributed by atoms with Gasteiger partial charge < -0.3 is 5.73 Å². The predicted octanol–water partition coefficient (Wildman–Crippen LogP) is 1.60. The van der Waals surface area contributed by atoms with Crippen LogP contribution in [0.1, 0.15) is 39.0 Å². The van der Waals surface area contributed by atoms with Crippen molar-refractivity contribution in [3.05, 3.63) is 0 Å². The molecule has 0 aromatic heterocycles. The Morgan fingerprint density at radius 2 is 2.08 bits per heavy atom. The van der Waals surface area contributed by atoms with Crippen LogP contribution in [-0.4, -0.2) is 30.1 Å². The van der Waals surface area contributed by atoms with E-state index in [2.05, 4.69) is 11.8 Å². The summed E-state index contributed by atoms with van der Waals surface area (Å²) < 4.78 is 0. The van der Waals surface area contributed by atoms with E-state index < -0.39 is 0 Å². The number of nitrogens with zero attached hydrogens (tertiary/aromatic N) is 1. The minimum Gasteiger partial charge on any atom is -0.327 e. The minimum absolute atomic E-state index is 0.473. The second-order valence-corrected chi connectivity index (χ2v) is 4.70. The molecule has 0 amide bonds. The quantitative estimate of drug-likeness (QED) is 0.703. The minimum atomic E-state index is 0.473. The number of hydrogen-bond donors (Lipinski definition) is 1. The smallest absolute Gasteiger partial charge is 0.00954 e. The van der Waals surface area contributed by atoms with Gasteiger partial charge in [0.15, 0.2) is 0 Å². The molecule has 1 aliphatic heterocycles. The molecule has 2 heteroatoms. The van der Waals surface area contributed by atoms with Crippen LogP contribution in [0.3, 0.4) is 0 Å². The van der Waals surface area contributed by atoms with Crippen LogP contribution >= 0.6 is 0 Å². The van der Waals surface area contributed by atoms with Crippen molar-refractivity contribution in [1.29, 1.82) is 0 Å². The molecule has 1 heterocycles. The van der Waals surface area contributed by atoms with E-state index in [9.17, 15) is 0 Å². The predicted molar refractivity (Wildman–Crippen MR) is 55.6 cm³/mol. The summed E-state index contributed by atoms with van der Waals surface area (Å²) in [6, 6.07) is 1.39. The van der Waals surface area contributed by atoms with Crippen LogP contribution < -0.4 is 5.73 Å². The van der Waals surface area contributed by atoms with Crippen LogP contribution in [0.25, 0.3) is 0 Å². The maximum absolute atomic E-state index is 6.08. The van der Waals surface area contributed by atoms with Gasteiger partial charge in [-0.15, -0.1) is 0 Å². The van der Waals surface area contributed by atoms with E-state index in [0.29, 0.717) is 6.04 Å². The van der Waals surface area contributed by atoms with E-state index in [-0.39, 0.29) is 0 Å². The van der Waals surface area contributed by atoms with Gasteiger partial charge in [0.25, 0.3) is 0 Å². The molecule has 2 atom stereocenters. The number of hydrogen-bond acceptors (Lipinski definition) is 2. The third-order valence-corrected chi connectivity index (χ3v) is 3.94. The van der Waals surface area contributed by atoms with E-state index in [1.54, 1.807) is 0 Å². The van der Waals surface area contributed by atoms with Gasteiger partial charge in [0, 0.05) is 18.6 Å². The standard InChI is InChI=1S/C11H22N2/c1-2-9-8-13(7-6-11(9)12)10-4-3-5-10/h9-11H,2-8,12H2,1H3. The number of nitrogens with two attached hydrogens (primary N) is 1. The van der Waals surface area contributed by atoms with Gasteiger partial charge >= 0.3 is 0 Å². The molecular formula is C11H22N2. The van der Waals surface area contributed by atoms with Crippen LogP contribution in [0, 0.1) is 5.92 Å². The molecule has 2 N–H and O–H groups in total. The molecule has 0 aromatic rings. The van der Waals surface area contributed by atoms with Gasteiger partial charge in [-0.05, 0) is 31.7 Å². The number of piperidine rings is 1. The molecule has 76 valence electrons. The average Bonchev–Trinajstić information content (AvgIpc) is 2.05. The van der Waals surface area contributed by atoms with Crippen molar-refractivity contribution in [3.63, 3.8) is 0 Å². The molecule has 1 aliphatic carbocycles. The molecule has 1 saturated carbocycles. The first-order chi connectivity index (χ1) is 6.31. The van der Waals surface area contributed by atoms with Crippen molar-refractivity contribution in [1.82, 2.24) is 4.90 Å². The van der Waals surface area contributed by atoms with E-state index >= 15 is 0 Å². The summed E-state index contributed by atoms with van der Waals surface area (Å²) in [5, 5.41) is 0. The zero-order chi connectivity index (χ0) is 9.26. The van der Waals surface area contributed by atoms with Crippen molar-refractivity contribution in [2.75, 3.05) is 13.1 Å².